The van der Waals surface area contributed by atoms with E-state index in [1.165, 1.54) is 18.4 Å². The number of nitrogens with two attached hydrogens (primary N) is 1. The predicted octanol–water partition coefficient (Wildman–Crippen LogP) is 1.10. The molecule has 2 aliphatic rings. The maximum atomic E-state index is 12.2. The van der Waals surface area contributed by atoms with Crippen molar-refractivity contribution in [2.24, 2.45) is 0 Å². The van der Waals surface area contributed by atoms with Gasteiger partial charge in [-0.05, 0) is 24.8 Å². The number of fused-ring (bicyclic) bond motifs is 1. The highest BCUT2D eigenvalue weighted by Crippen LogP contribution is 2.35. The highest BCUT2D eigenvalue weighted by Gasteiger charge is 2.29. The molecule has 22 heavy (non-hydrogen) atoms. The molecule has 0 bridgehead atoms. The van der Waals surface area contributed by atoms with E-state index in [9.17, 15) is 9.59 Å². The number of nitrogens with zero attached hydrogens (tertiary/aromatic N) is 2. The molecule has 1 aromatic rings. The van der Waals surface area contributed by atoms with Gasteiger partial charge in [0.25, 0.3) is 0 Å². The van der Waals surface area contributed by atoms with Crippen molar-refractivity contribution < 1.29 is 14.3 Å². The zero-order valence-electron chi connectivity index (χ0n) is 12.8. The van der Waals surface area contributed by atoms with Gasteiger partial charge in [-0.25, -0.2) is 4.79 Å². The lowest BCUT2D eigenvalue weighted by Gasteiger charge is -2.28. The smallest absolute Gasteiger partial charge is 0.341 e. The summed E-state index contributed by atoms with van der Waals surface area (Å²) in [5, 5.41) is 0.518. The lowest BCUT2D eigenvalue weighted by Crippen LogP contribution is -2.41. The number of carbonyl (C=O) groups is 2. The van der Waals surface area contributed by atoms with Crippen LogP contribution in [0.15, 0.2) is 0 Å². The molecule has 7 heteroatoms. The topological polar surface area (TPSA) is 75.9 Å². The number of methoxy groups -OCH3 is 1. The summed E-state index contributed by atoms with van der Waals surface area (Å²) in [6.45, 7) is 3.67. The Kier molecular flexibility index (Phi) is 4.35. The maximum Gasteiger partial charge on any atom is 0.341 e. The van der Waals surface area contributed by atoms with Gasteiger partial charge in [-0.1, -0.05) is 0 Å². The minimum absolute atomic E-state index is 0.207. The first-order chi connectivity index (χ1) is 10.6. The summed E-state index contributed by atoms with van der Waals surface area (Å²) in [6.07, 6.45) is 2.96. The van der Waals surface area contributed by atoms with E-state index in [0.717, 1.165) is 49.3 Å². The molecular weight excluding hydrogens is 302 g/mol. The molecule has 0 aromatic carbocycles. The first-order valence-corrected chi connectivity index (χ1v) is 8.40. The van der Waals surface area contributed by atoms with Crippen LogP contribution in [0.1, 0.15) is 33.6 Å². The van der Waals surface area contributed by atoms with Gasteiger partial charge in [0.15, 0.2) is 0 Å². The van der Waals surface area contributed by atoms with Crippen LogP contribution in [0.5, 0.6) is 0 Å². The van der Waals surface area contributed by atoms with E-state index in [1.54, 1.807) is 0 Å². The van der Waals surface area contributed by atoms with Crippen LogP contribution in [0.2, 0.25) is 0 Å². The number of amides is 1. The Bertz CT molecular complexity index is 593. The average Bonchev–Trinajstić information content (AvgIpc) is 3.13. The highest BCUT2D eigenvalue weighted by atomic mass is 32.1. The Labute approximate surface area is 133 Å². The summed E-state index contributed by atoms with van der Waals surface area (Å²) in [4.78, 5) is 29.2. The molecule has 1 aromatic heterocycles. The van der Waals surface area contributed by atoms with Crippen molar-refractivity contribution in [3.8, 4) is 0 Å². The molecular formula is C15H21N3O3S. The molecule has 1 fully saturated rings. The van der Waals surface area contributed by atoms with Crippen LogP contribution in [-0.2, 0) is 22.5 Å². The van der Waals surface area contributed by atoms with E-state index in [4.69, 9.17) is 10.5 Å². The molecule has 1 saturated heterocycles. The fraction of sp³-hybridized carbons (Fsp3) is 0.600. The quantitative estimate of drug-likeness (QED) is 0.843. The number of hydrogen-bond acceptors (Lipinski definition) is 6. The second-order valence-electron chi connectivity index (χ2n) is 5.78. The van der Waals surface area contributed by atoms with Crippen molar-refractivity contribution in [2.75, 3.05) is 39.0 Å². The van der Waals surface area contributed by atoms with Crippen molar-refractivity contribution in [1.29, 1.82) is 0 Å². The van der Waals surface area contributed by atoms with E-state index in [0.29, 0.717) is 23.7 Å². The molecule has 0 atom stereocenters. The van der Waals surface area contributed by atoms with Gasteiger partial charge in [-0.15, -0.1) is 11.3 Å². The van der Waals surface area contributed by atoms with Crippen molar-refractivity contribution in [3.05, 3.63) is 16.0 Å². The Morgan fingerprint density at radius 2 is 2.00 bits per heavy atom. The minimum atomic E-state index is -0.364. The number of nitrogen functional groups attached to an aromatic ring is 1. The Morgan fingerprint density at radius 3 is 2.68 bits per heavy atom. The number of hydrogen-bond donors (Lipinski definition) is 1. The molecule has 0 saturated carbocycles. The molecule has 0 unspecified atom stereocenters. The predicted molar refractivity (Wildman–Crippen MR) is 84.9 cm³/mol. The van der Waals surface area contributed by atoms with E-state index < -0.39 is 0 Å². The summed E-state index contributed by atoms with van der Waals surface area (Å²) in [5.74, 6) is -0.157. The largest absolute Gasteiger partial charge is 0.465 e. The lowest BCUT2D eigenvalue weighted by molar-refractivity contribution is -0.131. The third-order valence-corrected chi connectivity index (χ3v) is 5.42. The van der Waals surface area contributed by atoms with Gasteiger partial charge in [-0.2, -0.15) is 0 Å². The first kappa shape index (κ1) is 15.3. The first-order valence-electron chi connectivity index (χ1n) is 7.58. The Morgan fingerprint density at radius 1 is 1.27 bits per heavy atom. The SMILES string of the molecule is COC(=O)c1c(N)sc2c1CCN(CC(=O)N1CCCC1)C2. The molecule has 3 rings (SSSR count). The summed E-state index contributed by atoms with van der Waals surface area (Å²) >= 11 is 1.43. The van der Waals surface area contributed by atoms with Gasteiger partial charge in [0.2, 0.25) is 5.91 Å². The molecule has 0 radical (unpaired) electrons. The number of esters is 1. The normalized spacial score (nSPS) is 18.3. The van der Waals surface area contributed by atoms with Gasteiger partial charge in [0, 0.05) is 31.1 Å². The molecule has 3 heterocycles. The van der Waals surface area contributed by atoms with E-state index >= 15 is 0 Å². The lowest BCUT2D eigenvalue weighted by atomic mass is 10.0. The van der Waals surface area contributed by atoms with Crippen molar-refractivity contribution in [1.82, 2.24) is 9.80 Å². The summed E-state index contributed by atoms with van der Waals surface area (Å²) < 4.78 is 4.81. The average molecular weight is 323 g/mol. The number of anilines is 1. The number of rotatable bonds is 3. The fourth-order valence-electron chi connectivity index (χ4n) is 3.20. The Hall–Kier alpha value is -1.60. The van der Waals surface area contributed by atoms with Crippen LogP contribution >= 0.6 is 11.3 Å². The zero-order chi connectivity index (χ0) is 15.7. The van der Waals surface area contributed by atoms with Crippen LogP contribution < -0.4 is 5.73 Å². The van der Waals surface area contributed by atoms with Gasteiger partial charge in [-0.3, -0.25) is 9.69 Å². The maximum absolute atomic E-state index is 12.2. The summed E-state index contributed by atoms with van der Waals surface area (Å²) in [5.41, 5.74) is 7.49. The molecule has 0 spiro atoms. The third-order valence-electron chi connectivity index (χ3n) is 4.37. The van der Waals surface area contributed by atoms with Crippen LogP contribution in [0.25, 0.3) is 0 Å². The Balaban J connectivity index is 1.69. The van der Waals surface area contributed by atoms with Gasteiger partial charge < -0.3 is 15.4 Å². The van der Waals surface area contributed by atoms with Crippen LogP contribution in [-0.4, -0.2) is 55.0 Å². The van der Waals surface area contributed by atoms with Gasteiger partial charge in [0.05, 0.1) is 19.2 Å². The summed E-state index contributed by atoms with van der Waals surface area (Å²) in [6, 6.07) is 0. The molecule has 0 aliphatic carbocycles. The molecule has 120 valence electrons. The minimum Gasteiger partial charge on any atom is -0.465 e. The van der Waals surface area contributed by atoms with Crippen LogP contribution in [0.3, 0.4) is 0 Å². The van der Waals surface area contributed by atoms with E-state index in [-0.39, 0.29) is 11.9 Å². The highest BCUT2D eigenvalue weighted by molar-refractivity contribution is 7.16. The van der Waals surface area contributed by atoms with Crippen LogP contribution in [0.4, 0.5) is 5.00 Å². The van der Waals surface area contributed by atoms with Crippen molar-refractivity contribution in [3.63, 3.8) is 0 Å². The zero-order valence-corrected chi connectivity index (χ0v) is 13.6. The summed E-state index contributed by atoms with van der Waals surface area (Å²) in [7, 11) is 1.37. The van der Waals surface area contributed by atoms with Gasteiger partial charge >= 0.3 is 5.97 Å². The molecule has 1 amide bonds. The third kappa shape index (κ3) is 2.83. The van der Waals surface area contributed by atoms with Crippen molar-refractivity contribution >= 4 is 28.2 Å². The second-order valence-corrected chi connectivity index (χ2v) is 6.92. The van der Waals surface area contributed by atoms with Crippen molar-refractivity contribution in [2.45, 2.75) is 25.8 Å². The van der Waals surface area contributed by atoms with E-state index in [2.05, 4.69) is 4.90 Å². The fourth-order valence-corrected chi connectivity index (χ4v) is 4.34. The second kappa shape index (κ2) is 6.26. The molecule has 2 aliphatic heterocycles. The molecule has 2 N–H and O–H groups in total. The number of carbonyl (C=O) groups excluding carboxylic acids is 2. The number of ether oxygens (including phenoxy) is 1. The van der Waals surface area contributed by atoms with Crippen LogP contribution in [0, 0.1) is 0 Å². The van der Waals surface area contributed by atoms with E-state index in [1.807, 2.05) is 4.90 Å². The molecule has 6 nitrogen and oxygen atoms in total. The number of thiophene rings is 1. The number of likely N-dealkylation sites (tertiary alicyclic amines) is 1. The monoisotopic (exact) mass is 323 g/mol. The van der Waals surface area contributed by atoms with Gasteiger partial charge in [0.1, 0.15) is 5.00 Å². The standard InChI is InChI=1S/C15H21N3O3S/c1-21-15(20)13-10-4-7-17(8-11(10)22-14(13)16)9-12(19)18-5-2-3-6-18/h2-9,16H2,1H3.